The Morgan fingerprint density at radius 2 is 2.29 bits per heavy atom. The van der Waals surface area contributed by atoms with E-state index in [4.69, 9.17) is 5.84 Å². The van der Waals surface area contributed by atoms with Crippen molar-refractivity contribution in [2.45, 2.75) is 13.5 Å². The van der Waals surface area contributed by atoms with E-state index < -0.39 is 0 Å². The van der Waals surface area contributed by atoms with E-state index in [1.165, 1.54) is 0 Å². The Morgan fingerprint density at radius 3 is 2.76 bits per heavy atom. The highest BCUT2D eigenvalue weighted by Gasteiger charge is 2.08. The van der Waals surface area contributed by atoms with Crippen molar-refractivity contribution in [1.82, 2.24) is 15.2 Å². The lowest BCUT2D eigenvalue weighted by Gasteiger charge is -2.19. The summed E-state index contributed by atoms with van der Waals surface area (Å²) < 4.78 is 0. The van der Waals surface area contributed by atoms with Crippen LogP contribution in [0.1, 0.15) is 12.5 Å². The Labute approximate surface area is 101 Å². The summed E-state index contributed by atoms with van der Waals surface area (Å²) in [7, 11) is 1.64. The van der Waals surface area contributed by atoms with Crippen molar-refractivity contribution in [3.63, 3.8) is 0 Å². The first-order chi connectivity index (χ1) is 8.19. The first-order valence-corrected chi connectivity index (χ1v) is 5.54. The molecule has 6 heteroatoms. The van der Waals surface area contributed by atoms with Gasteiger partial charge in [-0.3, -0.25) is 9.69 Å². The van der Waals surface area contributed by atoms with E-state index in [0.29, 0.717) is 18.9 Å². The minimum Gasteiger partial charge on any atom is -0.358 e. The predicted molar refractivity (Wildman–Crippen MR) is 67.1 cm³/mol. The number of anilines is 1. The van der Waals surface area contributed by atoms with Gasteiger partial charge in [-0.25, -0.2) is 10.8 Å². The molecule has 0 saturated carbocycles. The molecule has 0 radical (unpaired) electrons. The van der Waals surface area contributed by atoms with Crippen LogP contribution in [0, 0.1) is 0 Å². The maximum Gasteiger partial charge on any atom is 0.233 e. The summed E-state index contributed by atoms with van der Waals surface area (Å²) >= 11 is 0. The van der Waals surface area contributed by atoms with Crippen molar-refractivity contribution < 1.29 is 4.79 Å². The molecule has 0 aliphatic rings. The Morgan fingerprint density at radius 1 is 1.53 bits per heavy atom. The summed E-state index contributed by atoms with van der Waals surface area (Å²) in [4.78, 5) is 17.4. The number of nitrogens with one attached hydrogen (secondary N) is 2. The normalized spacial score (nSPS) is 10.4. The van der Waals surface area contributed by atoms with Crippen LogP contribution in [-0.2, 0) is 11.3 Å². The van der Waals surface area contributed by atoms with Crippen molar-refractivity contribution in [3.05, 3.63) is 23.9 Å². The quantitative estimate of drug-likeness (QED) is 0.477. The summed E-state index contributed by atoms with van der Waals surface area (Å²) in [6.45, 7) is 3.92. The number of carbonyl (C=O) groups is 1. The Kier molecular flexibility index (Phi) is 5.38. The highest BCUT2D eigenvalue weighted by atomic mass is 16.1. The molecule has 6 nitrogen and oxygen atoms in total. The summed E-state index contributed by atoms with van der Waals surface area (Å²) in [5, 5.41) is 2.61. The summed E-state index contributed by atoms with van der Waals surface area (Å²) in [6, 6.07) is 3.75. The molecule has 1 heterocycles. The summed E-state index contributed by atoms with van der Waals surface area (Å²) in [5.41, 5.74) is 3.52. The van der Waals surface area contributed by atoms with Crippen molar-refractivity contribution in [3.8, 4) is 0 Å². The molecule has 0 aromatic carbocycles. The molecular formula is C11H19N5O. The monoisotopic (exact) mass is 237 g/mol. The number of hydrogen-bond donors (Lipinski definition) is 3. The molecule has 0 aliphatic heterocycles. The van der Waals surface area contributed by atoms with Crippen molar-refractivity contribution in [2.24, 2.45) is 5.84 Å². The van der Waals surface area contributed by atoms with Gasteiger partial charge in [-0.1, -0.05) is 13.0 Å². The van der Waals surface area contributed by atoms with Crippen molar-refractivity contribution >= 4 is 11.7 Å². The number of carbonyl (C=O) groups excluding carboxylic acids is 1. The van der Waals surface area contributed by atoms with Gasteiger partial charge in [0.05, 0.1) is 6.54 Å². The topological polar surface area (TPSA) is 83.3 Å². The lowest BCUT2D eigenvalue weighted by atomic mass is 10.2. The fraction of sp³-hybridized carbons (Fsp3) is 0.455. The molecule has 0 fully saturated rings. The second-order valence-corrected chi connectivity index (χ2v) is 3.67. The predicted octanol–water partition coefficient (Wildman–Crippen LogP) is -0.0649. The molecule has 1 amide bonds. The van der Waals surface area contributed by atoms with Gasteiger partial charge in [-0.05, 0) is 18.2 Å². The van der Waals surface area contributed by atoms with E-state index in [0.717, 1.165) is 12.1 Å². The SMILES string of the molecule is CCN(CC(=O)NC)Cc1ccc(NN)nc1. The molecule has 1 aromatic heterocycles. The van der Waals surface area contributed by atoms with Crippen molar-refractivity contribution in [1.29, 1.82) is 0 Å². The number of pyridine rings is 1. The fourth-order valence-corrected chi connectivity index (χ4v) is 1.42. The van der Waals surface area contributed by atoms with Gasteiger partial charge in [-0.15, -0.1) is 0 Å². The molecule has 0 spiro atoms. The number of nitrogens with two attached hydrogens (primary N) is 1. The number of likely N-dealkylation sites (N-methyl/N-ethyl adjacent to an activating group) is 2. The zero-order valence-corrected chi connectivity index (χ0v) is 10.2. The first-order valence-electron chi connectivity index (χ1n) is 5.54. The highest BCUT2D eigenvalue weighted by molar-refractivity contribution is 5.77. The molecule has 0 atom stereocenters. The zero-order valence-electron chi connectivity index (χ0n) is 10.2. The lowest BCUT2D eigenvalue weighted by Crippen LogP contribution is -2.35. The van der Waals surface area contributed by atoms with Crippen LogP contribution in [0.25, 0.3) is 0 Å². The van der Waals surface area contributed by atoms with Gasteiger partial charge in [-0.2, -0.15) is 0 Å². The molecule has 0 bridgehead atoms. The largest absolute Gasteiger partial charge is 0.358 e. The second-order valence-electron chi connectivity index (χ2n) is 3.67. The molecule has 94 valence electrons. The van der Waals surface area contributed by atoms with Crippen LogP contribution in [0.3, 0.4) is 0 Å². The Bertz CT molecular complexity index is 351. The minimum atomic E-state index is 0.0139. The van der Waals surface area contributed by atoms with Gasteiger partial charge >= 0.3 is 0 Å². The zero-order chi connectivity index (χ0) is 12.7. The molecule has 0 saturated heterocycles. The molecule has 17 heavy (non-hydrogen) atoms. The number of aromatic nitrogens is 1. The van der Waals surface area contributed by atoms with Crippen LogP contribution >= 0.6 is 0 Å². The van der Waals surface area contributed by atoms with Crippen LogP contribution in [0.4, 0.5) is 5.82 Å². The molecule has 1 rings (SSSR count). The van der Waals surface area contributed by atoms with E-state index in [1.54, 1.807) is 13.2 Å². The van der Waals surface area contributed by atoms with Crippen molar-refractivity contribution in [2.75, 3.05) is 25.6 Å². The van der Waals surface area contributed by atoms with E-state index in [1.807, 2.05) is 24.0 Å². The smallest absolute Gasteiger partial charge is 0.233 e. The summed E-state index contributed by atoms with van der Waals surface area (Å²) in [6.07, 6.45) is 1.75. The first kappa shape index (κ1) is 13.4. The fourth-order valence-electron chi connectivity index (χ4n) is 1.42. The average Bonchev–Trinajstić information content (AvgIpc) is 2.38. The third-order valence-electron chi connectivity index (χ3n) is 2.47. The minimum absolute atomic E-state index is 0.0139. The standard InChI is InChI=1S/C11H19N5O/c1-3-16(8-11(17)13-2)7-9-4-5-10(15-12)14-6-9/h4-6H,3,7-8,12H2,1-2H3,(H,13,17)(H,14,15). The van der Waals surface area contributed by atoms with Gasteiger partial charge in [0.25, 0.3) is 0 Å². The number of nitrogens with zero attached hydrogens (tertiary/aromatic N) is 2. The maximum absolute atomic E-state index is 11.3. The Hall–Kier alpha value is -1.66. The highest BCUT2D eigenvalue weighted by Crippen LogP contribution is 2.06. The summed E-state index contributed by atoms with van der Waals surface area (Å²) in [5.74, 6) is 5.88. The lowest BCUT2D eigenvalue weighted by molar-refractivity contribution is -0.121. The van der Waals surface area contributed by atoms with Crippen LogP contribution in [-0.4, -0.2) is 35.9 Å². The number of nitrogen functional groups attached to an aromatic ring is 1. The van der Waals surface area contributed by atoms with E-state index in [-0.39, 0.29) is 5.91 Å². The number of hydrogen-bond acceptors (Lipinski definition) is 5. The van der Waals surface area contributed by atoms with E-state index >= 15 is 0 Å². The molecular weight excluding hydrogens is 218 g/mol. The molecule has 0 unspecified atom stereocenters. The Balaban J connectivity index is 2.57. The van der Waals surface area contributed by atoms with Gasteiger partial charge < -0.3 is 10.7 Å². The third-order valence-corrected chi connectivity index (χ3v) is 2.47. The van der Waals surface area contributed by atoms with Gasteiger partial charge in [0.15, 0.2) is 0 Å². The van der Waals surface area contributed by atoms with Crippen LogP contribution in [0.15, 0.2) is 18.3 Å². The molecule has 1 aromatic rings. The van der Waals surface area contributed by atoms with Gasteiger partial charge in [0.1, 0.15) is 5.82 Å². The van der Waals surface area contributed by atoms with Gasteiger partial charge in [0.2, 0.25) is 5.91 Å². The number of rotatable bonds is 6. The molecule has 4 N–H and O–H groups in total. The average molecular weight is 237 g/mol. The van der Waals surface area contributed by atoms with Gasteiger partial charge in [0, 0.05) is 19.8 Å². The number of amides is 1. The van der Waals surface area contributed by atoms with Crippen LogP contribution in [0.5, 0.6) is 0 Å². The number of hydrazine groups is 1. The second kappa shape index (κ2) is 6.82. The van der Waals surface area contributed by atoms with E-state index in [2.05, 4.69) is 15.7 Å². The van der Waals surface area contributed by atoms with E-state index in [9.17, 15) is 4.79 Å². The van der Waals surface area contributed by atoms with Crippen LogP contribution in [0.2, 0.25) is 0 Å². The maximum atomic E-state index is 11.3. The van der Waals surface area contributed by atoms with Crippen LogP contribution < -0.4 is 16.6 Å². The molecule has 0 aliphatic carbocycles. The third kappa shape index (κ3) is 4.38.